The number of aromatic nitrogens is 1. The van der Waals surface area contributed by atoms with Crippen LogP contribution in [0.2, 0.25) is 5.02 Å². The number of nitrogens with zero attached hydrogens (tertiary/aromatic N) is 1. The van der Waals surface area contributed by atoms with E-state index in [1.807, 2.05) is 42.5 Å². The monoisotopic (exact) mass is 298 g/mol. The van der Waals surface area contributed by atoms with E-state index in [1.54, 1.807) is 7.11 Å². The van der Waals surface area contributed by atoms with Crippen molar-refractivity contribution < 1.29 is 4.74 Å². The molecule has 106 valence electrons. The van der Waals surface area contributed by atoms with Crippen LogP contribution < -0.4 is 10.1 Å². The van der Waals surface area contributed by atoms with Crippen LogP contribution in [0.25, 0.3) is 10.9 Å². The van der Waals surface area contributed by atoms with Crippen LogP contribution in [-0.4, -0.2) is 12.1 Å². The summed E-state index contributed by atoms with van der Waals surface area (Å²) in [6, 6.07) is 17.7. The fourth-order valence-electron chi connectivity index (χ4n) is 2.16. The van der Waals surface area contributed by atoms with E-state index in [2.05, 4.69) is 22.4 Å². The first kappa shape index (κ1) is 13.7. The number of methoxy groups -OCH3 is 1. The van der Waals surface area contributed by atoms with Crippen LogP contribution in [0.3, 0.4) is 0 Å². The standard InChI is InChI=1S/C17H15ClN2O/c1-21-14-8-9-15(18)17(10-14)19-11-13-7-6-12-4-2-3-5-16(12)20-13/h2-10,19H,11H2,1H3. The Labute approximate surface area is 128 Å². The second-order valence-corrected chi connectivity index (χ2v) is 5.10. The van der Waals surface area contributed by atoms with Gasteiger partial charge < -0.3 is 10.1 Å². The second-order valence-electron chi connectivity index (χ2n) is 4.69. The van der Waals surface area contributed by atoms with Crippen molar-refractivity contribution in [2.75, 3.05) is 12.4 Å². The third-order valence-electron chi connectivity index (χ3n) is 3.29. The number of fused-ring (bicyclic) bond motifs is 1. The molecule has 21 heavy (non-hydrogen) atoms. The summed E-state index contributed by atoms with van der Waals surface area (Å²) >= 11 is 6.18. The number of halogens is 1. The molecular weight excluding hydrogens is 284 g/mol. The highest BCUT2D eigenvalue weighted by Gasteiger charge is 2.03. The van der Waals surface area contributed by atoms with E-state index in [-0.39, 0.29) is 0 Å². The van der Waals surface area contributed by atoms with Crippen LogP contribution >= 0.6 is 11.6 Å². The predicted molar refractivity (Wildman–Crippen MR) is 87.1 cm³/mol. The summed E-state index contributed by atoms with van der Waals surface area (Å²) < 4.78 is 5.21. The summed E-state index contributed by atoms with van der Waals surface area (Å²) in [5.41, 5.74) is 2.80. The molecule has 0 radical (unpaired) electrons. The van der Waals surface area contributed by atoms with Crippen LogP contribution in [0.4, 0.5) is 5.69 Å². The van der Waals surface area contributed by atoms with E-state index >= 15 is 0 Å². The first-order valence-corrected chi connectivity index (χ1v) is 7.06. The van der Waals surface area contributed by atoms with Crippen LogP contribution in [0.1, 0.15) is 5.69 Å². The third-order valence-corrected chi connectivity index (χ3v) is 3.62. The van der Waals surface area contributed by atoms with Gasteiger partial charge in [0.15, 0.2) is 0 Å². The molecule has 0 atom stereocenters. The Hall–Kier alpha value is -2.26. The minimum absolute atomic E-state index is 0.609. The largest absolute Gasteiger partial charge is 0.497 e. The highest BCUT2D eigenvalue weighted by atomic mass is 35.5. The molecule has 1 heterocycles. The number of pyridine rings is 1. The second kappa shape index (κ2) is 6.02. The van der Waals surface area contributed by atoms with Gasteiger partial charge in [0, 0.05) is 11.5 Å². The zero-order valence-corrected chi connectivity index (χ0v) is 12.4. The minimum Gasteiger partial charge on any atom is -0.497 e. The molecule has 0 saturated carbocycles. The van der Waals surface area contributed by atoms with Crippen molar-refractivity contribution in [1.82, 2.24) is 4.98 Å². The SMILES string of the molecule is COc1ccc(Cl)c(NCc2ccc3ccccc3n2)c1. The maximum absolute atomic E-state index is 6.18. The lowest BCUT2D eigenvalue weighted by atomic mass is 10.2. The quantitative estimate of drug-likeness (QED) is 0.769. The molecule has 0 bridgehead atoms. The van der Waals surface area contributed by atoms with Crippen molar-refractivity contribution in [1.29, 1.82) is 0 Å². The molecule has 0 amide bonds. The predicted octanol–water partition coefficient (Wildman–Crippen LogP) is 4.51. The van der Waals surface area contributed by atoms with Crippen LogP contribution in [0, 0.1) is 0 Å². The van der Waals surface area contributed by atoms with Crippen LogP contribution in [0.5, 0.6) is 5.75 Å². The van der Waals surface area contributed by atoms with Gasteiger partial charge in [-0.05, 0) is 24.3 Å². The molecule has 3 aromatic rings. The molecule has 0 aliphatic carbocycles. The molecule has 3 rings (SSSR count). The molecule has 2 aromatic carbocycles. The topological polar surface area (TPSA) is 34.1 Å². The van der Waals surface area contributed by atoms with Crippen molar-refractivity contribution in [3.05, 3.63) is 65.3 Å². The van der Waals surface area contributed by atoms with Crippen molar-refractivity contribution in [2.24, 2.45) is 0 Å². The molecular formula is C17H15ClN2O. The molecule has 0 aliphatic heterocycles. The van der Waals surface area contributed by atoms with E-state index in [9.17, 15) is 0 Å². The average molecular weight is 299 g/mol. The van der Waals surface area contributed by atoms with E-state index < -0.39 is 0 Å². The van der Waals surface area contributed by atoms with Crippen molar-refractivity contribution >= 4 is 28.2 Å². The van der Waals surface area contributed by atoms with Gasteiger partial charge >= 0.3 is 0 Å². The van der Waals surface area contributed by atoms with E-state index in [4.69, 9.17) is 16.3 Å². The summed E-state index contributed by atoms with van der Waals surface area (Å²) in [5, 5.41) is 5.10. The number of hydrogen-bond acceptors (Lipinski definition) is 3. The summed E-state index contributed by atoms with van der Waals surface area (Å²) in [6.45, 7) is 0.609. The highest BCUT2D eigenvalue weighted by Crippen LogP contribution is 2.27. The Bertz CT molecular complexity index is 774. The number of rotatable bonds is 4. The van der Waals surface area contributed by atoms with Crippen LogP contribution in [-0.2, 0) is 6.54 Å². The molecule has 0 aliphatic rings. The van der Waals surface area contributed by atoms with Gasteiger partial charge in [-0.25, -0.2) is 0 Å². The maximum atomic E-state index is 6.18. The number of anilines is 1. The van der Waals surface area contributed by atoms with Crippen molar-refractivity contribution in [3.63, 3.8) is 0 Å². The molecule has 1 aromatic heterocycles. The fourth-order valence-corrected chi connectivity index (χ4v) is 2.34. The van der Waals surface area contributed by atoms with Crippen molar-refractivity contribution in [3.8, 4) is 5.75 Å². The Morgan fingerprint density at radius 2 is 1.95 bits per heavy atom. The first-order valence-electron chi connectivity index (χ1n) is 6.68. The van der Waals surface area contributed by atoms with Gasteiger partial charge in [-0.2, -0.15) is 0 Å². The van der Waals surface area contributed by atoms with Gasteiger partial charge in [-0.3, -0.25) is 4.98 Å². The number of ether oxygens (including phenoxy) is 1. The van der Waals surface area contributed by atoms with E-state index in [0.717, 1.165) is 28.0 Å². The first-order chi connectivity index (χ1) is 10.3. The Morgan fingerprint density at radius 3 is 2.81 bits per heavy atom. The van der Waals surface area contributed by atoms with Gasteiger partial charge in [0.1, 0.15) is 5.75 Å². The lowest BCUT2D eigenvalue weighted by Gasteiger charge is -2.10. The molecule has 0 fully saturated rings. The number of hydrogen-bond donors (Lipinski definition) is 1. The average Bonchev–Trinajstić information content (AvgIpc) is 2.54. The number of para-hydroxylation sites is 1. The Kier molecular flexibility index (Phi) is 3.93. The number of nitrogens with one attached hydrogen (secondary N) is 1. The maximum Gasteiger partial charge on any atom is 0.121 e. The molecule has 0 spiro atoms. The summed E-state index contributed by atoms with van der Waals surface area (Å²) in [4.78, 5) is 4.63. The van der Waals surface area contributed by atoms with Gasteiger partial charge in [0.25, 0.3) is 0 Å². The van der Waals surface area contributed by atoms with Gasteiger partial charge in [0.05, 0.1) is 35.6 Å². The smallest absolute Gasteiger partial charge is 0.121 e. The summed E-state index contributed by atoms with van der Waals surface area (Å²) in [6.07, 6.45) is 0. The fraction of sp³-hybridized carbons (Fsp3) is 0.118. The Morgan fingerprint density at radius 1 is 1.10 bits per heavy atom. The Balaban J connectivity index is 1.80. The lowest BCUT2D eigenvalue weighted by molar-refractivity contribution is 0.415. The normalized spacial score (nSPS) is 10.6. The molecule has 3 nitrogen and oxygen atoms in total. The van der Waals surface area contributed by atoms with Crippen molar-refractivity contribution in [2.45, 2.75) is 6.54 Å². The lowest BCUT2D eigenvalue weighted by Crippen LogP contribution is -2.02. The minimum atomic E-state index is 0.609. The molecule has 0 unspecified atom stereocenters. The van der Waals surface area contributed by atoms with Gasteiger partial charge in [-0.15, -0.1) is 0 Å². The molecule has 0 saturated heterocycles. The zero-order chi connectivity index (χ0) is 14.7. The van der Waals surface area contributed by atoms with E-state index in [1.165, 1.54) is 0 Å². The summed E-state index contributed by atoms with van der Waals surface area (Å²) in [7, 11) is 1.64. The van der Waals surface area contributed by atoms with Gasteiger partial charge in [-0.1, -0.05) is 35.9 Å². The van der Waals surface area contributed by atoms with E-state index in [0.29, 0.717) is 11.6 Å². The van der Waals surface area contributed by atoms with Gasteiger partial charge in [0.2, 0.25) is 0 Å². The summed E-state index contributed by atoms with van der Waals surface area (Å²) in [5.74, 6) is 0.772. The van der Waals surface area contributed by atoms with Crippen LogP contribution in [0.15, 0.2) is 54.6 Å². The molecule has 1 N–H and O–H groups in total. The molecule has 4 heteroatoms. The highest BCUT2D eigenvalue weighted by molar-refractivity contribution is 6.33. The zero-order valence-electron chi connectivity index (χ0n) is 11.6. The number of benzene rings is 2. The third kappa shape index (κ3) is 3.09.